The maximum absolute atomic E-state index is 11.3. The summed E-state index contributed by atoms with van der Waals surface area (Å²) >= 11 is 6.02. The molecule has 1 aromatic carbocycles. The Morgan fingerprint density at radius 3 is 2.78 bits per heavy atom. The van der Waals surface area contributed by atoms with Gasteiger partial charge in [0.05, 0.1) is 12.1 Å². The minimum absolute atomic E-state index is 0.126. The van der Waals surface area contributed by atoms with Crippen molar-refractivity contribution in [3.8, 4) is 17.6 Å². The lowest BCUT2D eigenvalue weighted by molar-refractivity contribution is -0.135. The molecule has 0 bridgehead atoms. The third-order valence-electron chi connectivity index (χ3n) is 2.32. The molecule has 5 nitrogen and oxygen atoms in total. The van der Waals surface area contributed by atoms with E-state index in [2.05, 4.69) is 4.74 Å². The Labute approximate surface area is 108 Å². The van der Waals surface area contributed by atoms with Gasteiger partial charge in [-0.1, -0.05) is 11.6 Å². The first-order chi connectivity index (χ1) is 8.65. The normalized spacial score (nSPS) is 13.1. The lowest BCUT2D eigenvalue weighted by atomic mass is 10.1. The second-order valence-corrected chi connectivity index (χ2v) is 3.80. The second-order valence-electron chi connectivity index (χ2n) is 3.39. The summed E-state index contributed by atoms with van der Waals surface area (Å²) < 4.78 is 14.8. The molecular formula is C12H8ClNO4. The first kappa shape index (κ1) is 12.3. The van der Waals surface area contributed by atoms with Crippen molar-refractivity contribution in [1.82, 2.24) is 0 Å². The van der Waals surface area contributed by atoms with Gasteiger partial charge in [-0.2, -0.15) is 5.26 Å². The predicted molar refractivity (Wildman–Crippen MR) is 63.2 cm³/mol. The highest BCUT2D eigenvalue weighted by Crippen LogP contribution is 2.37. The molecule has 1 aliphatic heterocycles. The number of nitrogens with zero attached hydrogens (tertiary/aromatic N) is 1. The molecule has 0 fully saturated rings. The lowest BCUT2D eigenvalue weighted by Crippen LogP contribution is -2.02. The fraction of sp³-hybridized carbons (Fsp3) is 0.167. The van der Waals surface area contributed by atoms with Crippen LogP contribution in [0.5, 0.6) is 11.5 Å². The predicted octanol–water partition coefficient (Wildman–Crippen LogP) is 2.15. The van der Waals surface area contributed by atoms with E-state index >= 15 is 0 Å². The van der Waals surface area contributed by atoms with Gasteiger partial charge >= 0.3 is 5.97 Å². The molecule has 1 heterocycles. The minimum Gasteiger partial charge on any atom is -0.465 e. The van der Waals surface area contributed by atoms with E-state index in [1.165, 1.54) is 13.2 Å². The first-order valence-corrected chi connectivity index (χ1v) is 5.32. The summed E-state index contributed by atoms with van der Waals surface area (Å²) in [6.07, 6.45) is 1.34. The molecule has 0 aromatic heterocycles. The number of fused-ring (bicyclic) bond motifs is 1. The zero-order chi connectivity index (χ0) is 13.1. The van der Waals surface area contributed by atoms with Crippen molar-refractivity contribution in [3.63, 3.8) is 0 Å². The third-order valence-corrected chi connectivity index (χ3v) is 2.64. The maximum atomic E-state index is 11.3. The van der Waals surface area contributed by atoms with Crippen LogP contribution in [-0.4, -0.2) is 19.9 Å². The summed E-state index contributed by atoms with van der Waals surface area (Å²) in [5.74, 6) is 0.341. The van der Waals surface area contributed by atoms with Crippen LogP contribution in [0.1, 0.15) is 5.56 Å². The fourth-order valence-electron chi connectivity index (χ4n) is 1.45. The van der Waals surface area contributed by atoms with Crippen molar-refractivity contribution in [3.05, 3.63) is 28.3 Å². The number of halogens is 1. The van der Waals surface area contributed by atoms with Crippen LogP contribution in [0.3, 0.4) is 0 Å². The number of nitriles is 1. The Balaban J connectivity index is 2.43. The summed E-state index contributed by atoms with van der Waals surface area (Å²) in [5, 5.41) is 9.21. The molecule has 18 heavy (non-hydrogen) atoms. The zero-order valence-electron chi connectivity index (χ0n) is 9.40. The van der Waals surface area contributed by atoms with E-state index in [0.29, 0.717) is 22.1 Å². The monoisotopic (exact) mass is 265 g/mol. The topological polar surface area (TPSA) is 68.6 Å². The number of carbonyl (C=O) groups is 1. The van der Waals surface area contributed by atoms with Crippen LogP contribution in [0.2, 0.25) is 5.02 Å². The number of rotatable bonds is 2. The highest BCUT2D eigenvalue weighted by molar-refractivity contribution is 6.32. The average Bonchev–Trinajstić information content (AvgIpc) is 2.81. The first-order valence-electron chi connectivity index (χ1n) is 4.95. The van der Waals surface area contributed by atoms with Crippen LogP contribution in [0.15, 0.2) is 17.7 Å². The van der Waals surface area contributed by atoms with Gasteiger partial charge in [0.2, 0.25) is 6.79 Å². The molecule has 1 aliphatic rings. The van der Waals surface area contributed by atoms with Crippen LogP contribution < -0.4 is 9.47 Å². The number of carbonyl (C=O) groups excluding carboxylic acids is 1. The number of hydrogen-bond donors (Lipinski definition) is 0. The molecule has 6 heteroatoms. The van der Waals surface area contributed by atoms with E-state index in [9.17, 15) is 4.79 Å². The van der Waals surface area contributed by atoms with Crippen molar-refractivity contribution in [2.45, 2.75) is 0 Å². The molecule has 0 spiro atoms. The maximum Gasteiger partial charge on any atom is 0.348 e. The molecule has 0 radical (unpaired) electrons. The number of esters is 1. The Morgan fingerprint density at radius 2 is 2.17 bits per heavy atom. The van der Waals surface area contributed by atoms with Gasteiger partial charge in [0, 0.05) is 6.07 Å². The standard InChI is InChI=1S/C12H8ClNO4/c1-16-12(15)8(5-14)2-7-3-10-11(4-9(7)13)18-6-17-10/h2-4H,6H2,1H3/b8-2-. The summed E-state index contributed by atoms with van der Waals surface area (Å²) in [4.78, 5) is 11.3. The highest BCUT2D eigenvalue weighted by Gasteiger charge is 2.17. The molecule has 0 saturated heterocycles. The van der Waals surface area contributed by atoms with Gasteiger partial charge in [-0.15, -0.1) is 0 Å². The molecule has 2 rings (SSSR count). The van der Waals surface area contributed by atoms with E-state index in [1.54, 1.807) is 18.2 Å². The molecule has 1 aromatic rings. The van der Waals surface area contributed by atoms with Crippen LogP contribution in [0.25, 0.3) is 6.08 Å². The van der Waals surface area contributed by atoms with Crippen molar-refractivity contribution in [2.24, 2.45) is 0 Å². The third kappa shape index (κ3) is 2.24. The van der Waals surface area contributed by atoms with Gasteiger partial charge in [0.25, 0.3) is 0 Å². The largest absolute Gasteiger partial charge is 0.465 e. The molecule has 0 atom stereocenters. The van der Waals surface area contributed by atoms with Crippen molar-refractivity contribution < 1.29 is 19.0 Å². The Bertz CT molecular complexity index is 574. The molecular weight excluding hydrogens is 258 g/mol. The van der Waals surface area contributed by atoms with Crippen molar-refractivity contribution in [1.29, 1.82) is 5.26 Å². The van der Waals surface area contributed by atoms with E-state index < -0.39 is 5.97 Å². The van der Waals surface area contributed by atoms with Crippen molar-refractivity contribution >= 4 is 23.6 Å². The summed E-state index contributed by atoms with van der Waals surface area (Å²) in [5.41, 5.74) is 0.348. The molecule has 0 N–H and O–H groups in total. The molecule has 0 aliphatic carbocycles. The second kappa shape index (κ2) is 4.98. The fourth-order valence-corrected chi connectivity index (χ4v) is 1.65. The molecule has 0 amide bonds. The smallest absolute Gasteiger partial charge is 0.348 e. The van der Waals surface area contributed by atoms with E-state index in [0.717, 1.165) is 0 Å². The number of hydrogen-bond acceptors (Lipinski definition) is 5. The van der Waals surface area contributed by atoms with E-state index in [1.807, 2.05) is 0 Å². The van der Waals surface area contributed by atoms with Crippen LogP contribution in [-0.2, 0) is 9.53 Å². The van der Waals surface area contributed by atoms with Gasteiger partial charge in [-0.3, -0.25) is 0 Å². The van der Waals surface area contributed by atoms with Gasteiger partial charge in [-0.05, 0) is 17.7 Å². The molecule has 0 saturated carbocycles. The summed E-state index contributed by atoms with van der Waals surface area (Å²) in [7, 11) is 1.20. The SMILES string of the molecule is COC(=O)/C(C#N)=C\c1cc2c(cc1Cl)OCO2. The van der Waals surface area contributed by atoms with Gasteiger partial charge in [0.15, 0.2) is 11.5 Å². The van der Waals surface area contributed by atoms with Crippen LogP contribution in [0.4, 0.5) is 0 Å². The van der Waals surface area contributed by atoms with Gasteiger partial charge in [-0.25, -0.2) is 4.79 Å². The Hall–Kier alpha value is -2.19. The number of benzene rings is 1. The van der Waals surface area contributed by atoms with Crippen LogP contribution in [0, 0.1) is 11.3 Å². The quantitative estimate of drug-likeness (QED) is 0.466. The molecule has 0 unspecified atom stereocenters. The number of methoxy groups -OCH3 is 1. The van der Waals surface area contributed by atoms with Gasteiger partial charge < -0.3 is 14.2 Å². The Kier molecular flexibility index (Phi) is 3.40. The summed E-state index contributed by atoms with van der Waals surface area (Å²) in [6.45, 7) is 0.126. The highest BCUT2D eigenvalue weighted by atomic mass is 35.5. The lowest BCUT2D eigenvalue weighted by Gasteiger charge is -2.02. The molecule has 92 valence electrons. The Morgan fingerprint density at radius 1 is 1.50 bits per heavy atom. The van der Waals surface area contributed by atoms with E-state index in [-0.39, 0.29) is 12.4 Å². The zero-order valence-corrected chi connectivity index (χ0v) is 10.2. The number of ether oxygens (including phenoxy) is 3. The van der Waals surface area contributed by atoms with Gasteiger partial charge in [0.1, 0.15) is 11.6 Å². The summed E-state index contributed by atoms with van der Waals surface area (Å²) in [6, 6.07) is 4.93. The van der Waals surface area contributed by atoms with Crippen molar-refractivity contribution in [2.75, 3.05) is 13.9 Å². The average molecular weight is 266 g/mol. The minimum atomic E-state index is -0.716. The van der Waals surface area contributed by atoms with Crippen LogP contribution >= 0.6 is 11.6 Å². The van der Waals surface area contributed by atoms with E-state index in [4.69, 9.17) is 26.3 Å².